The van der Waals surface area contributed by atoms with Crippen LogP contribution in [0.25, 0.3) is 0 Å². The summed E-state index contributed by atoms with van der Waals surface area (Å²) in [5.41, 5.74) is -2.80. The van der Waals surface area contributed by atoms with Gasteiger partial charge in [-0.1, -0.05) is 0 Å². The molecule has 0 aromatic rings. The minimum atomic E-state index is -1.56. The molecule has 0 aromatic carbocycles. The third kappa shape index (κ3) is 5.33. The van der Waals surface area contributed by atoms with Gasteiger partial charge in [-0.15, -0.1) is 0 Å². The number of ether oxygens (including phenoxy) is 2. The highest BCUT2D eigenvalue weighted by atomic mass is 35.5. The fraction of sp³-hybridized carbons (Fsp3) is 0. The lowest BCUT2D eigenvalue weighted by atomic mass is 11.3. The van der Waals surface area contributed by atoms with Gasteiger partial charge in [0.05, 0.1) is 0 Å². The van der Waals surface area contributed by atoms with Crippen molar-refractivity contribution in [3.8, 4) is 0 Å². The molecule has 0 N–H and O–H groups in total. The van der Waals surface area contributed by atoms with Gasteiger partial charge in [0.25, 0.3) is 0 Å². The molecule has 0 radical (unpaired) electrons. The molecular weight excluding hydrogens is 187 g/mol. The van der Waals surface area contributed by atoms with Crippen LogP contribution >= 0.6 is 23.2 Å². The van der Waals surface area contributed by atoms with E-state index in [1.165, 1.54) is 0 Å². The first-order valence-electron chi connectivity index (χ1n) is 1.81. The van der Waals surface area contributed by atoms with Crippen molar-refractivity contribution in [3.63, 3.8) is 0 Å². The second kappa shape index (κ2) is 4.08. The number of carbonyl (C=O) groups is 3. The van der Waals surface area contributed by atoms with Gasteiger partial charge in [0, 0.05) is 23.2 Å². The molecule has 0 heterocycles. The monoisotopic (exact) mass is 186 g/mol. The van der Waals surface area contributed by atoms with Crippen molar-refractivity contribution >= 4 is 40.2 Å². The van der Waals surface area contributed by atoms with E-state index in [0.29, 0.717) is 0 Å². The number of hydrogen-bond donors (Lipinski definition) is 0. The lowest BCUT2D eigenvalue weighted by Crippen LogP contribution is -2.09. The van der Waals surface area contributed by atoms with Gasteiger partial charge in [0.2, 0.25) is 0 Å². The third-order valence-corrected chi connectivity index (χ3v) is 0.481. The third-order valence-electron chi connectivity index (χ3n) is 0.327. The van der Waals surface area contributed by atoms with Gasteiger partial charge >= 0.3 is 17.0 Å². The van der Waals surface area contributed by atoms with Crippen LogP contribution in [0.5, 0.6) is 0 Å². The van der Waals surface area contributed by atoms with Crippen LogP contribution < -0.4 is 0 Å². The van der Waals surface area contributed by atoms with Crippen molar-refractivity contribution in [3.05, 3.63) is 0 Å². The number of carbonyl (C=O) groups excluding carboxylic acids is 3. The molecule has 0 rings (SSSR count). The van der Waals surface area contributed by atoms with E-state index >= 15 is 0 Å². The van der Waals surface area contributed by atoms with E-state index in [0.717, 1.165) is 0 Å². The molecule has 56 valence electrons. The summed E-state index contributed by atoms with van der Waals surface area (Å²) >= 11 is 9.08. The molecule has 0 amide bonds. The Morgan fingerprint density at radius 1 is 0.900 bits per heavy atom. The Morgan fingerprint density at radius 3 is 1.40 bits per heavy atom. The Hall–Kier alpha value is -0.810. The predicted molar refractivity (Wildman–Crippen MR) is 30.1 cm³/mol. The SMILES string of the molecule is O=C(Cl)OC(=O)OC(=O)Cl. The Kier molecular flexibility index (Phi) is 3.75. The van der Waals surface area contributed by atoms with Crippen molar-refractivity contribution in [2.24, 2.45) is 0 Å². The van der Waals surface area contributed by atoms with Crippen molar-refractivity contribution in [2.75, 3.05) is 0 Å². The molecule has 7 heteroatoms. The molecule has 0 bridgehead atoms. The fourth-order valence-corrected chi connectivity index (χ4v) is 0.278. The van der Waals surface area contributed by atoms with Crippen LogP contribution in [-0.4, -0.2) is 17.0 Å². The largest absolute Gasteiger partial charge is 0.525 e. The summed E-state index contributed by atoms with van der Waals surface area (Å²) in [6.45, 7) is 0. The maximum absolute atomic E-state index is 10.0. The fourth-order valence-electron chi connectivity index (χ4n) is 0.152. The summed E-state index contributed by atoms with van der Waals surface area (Å²) in [7, 11) is 0. The zero-order valence-corrected chi connectivity index (χ0v) is 5.81. The minimum absolute atomic E-state index is 1.40. The molecule has 10 heavy (non-hydrogen) atoms. The molecule has 0 atom stereocenters. The van der Waals surface area contributed by atoms with Crippen LogP contribution in [0.2, 0.25) is 0 Å². The highest BCUT2D eigenvalue weighted by Gasteiger charge is 2.11. The van der Waals surface area contributed by atoms with E-state index in [2.05, 4.69) is 32.7 Å². The van der Waals surface area contributed by atoms with Crippen molar-refractivity contribution < 1.29 is 23.9 Å². The molecule has 0 saturated carbocycles. The van der Waals surface area contributed by atoms with Gasteiger partial charge in [-0.2, -0.15) is 0 Å². The van der Waals surface area contributed by atoms with Crippen LogP contribution in [-0.2, 0) is 9.47 Å². The van der Waals surface area contributed by atoms with Gasteiger partial charge in [0.15, 0.2) is 0 Å². The predicted octanol–water partition coefficient (Wildman–Crippen LogP) is 1.86. The zero-order chi connectivity index (χ0) is 8.15. The van der Waals surface area contributed by atoms with E-state index in [1.807, 2.05) is 0 Å². The van der Waals surface area contributed by atoms with Crippen LogP contribution in [0.1, 0.15) is 0 Å². The molecule has 0 unspecified atom stereocenters. The highest BCUT2D eigenvalue weighted by molar-refractivity contribution is 6.63. The van der Waals surface area contributed by atoms with Gasteiger partial charge in [-0.25, -0.2) is 14.4 Å². The summed E-state index contributed by atoms with van der Waals surface area (Å²) < 4.78 is 7.04. The van der Waals surface area contributed by atoms with Crippen molar-refractivity contribution in [1.82, 2.24) is 0 Å². The Labute approximate surface area is 64.8 Å². The molecule has 0 aromatic heterocycles. The van der Waals surface area contributed by atoms with Crippen LogP contribution in [0.15, 0.2) is 0 Å². The molecule has 5 nitrogen and oxygen atoms in total. The minimum Gasteiger partial charge on any atom is -0.347 e. The Balaban J connectivity index is 3.65. The molecule has 0 fully saturated rings. The van der Waals surface area contributed by atoms with E-state index in [1.54, 1.807) is 0 Å². The highest BCUT2D eigenvalue weighted by Crippen LogP contribution is 1.94. The lowest BCUT2D eigenvalue weighted by molar-refractivity contribution is 0.110. The zero-order valence-electron chi connectivity index (χ0n) is 4.30. The summed E-state index contributed by atoms with van der Waals surface area (Å²) in [5.74, 6) is 0. The molecular formula is C3Cl2O5. The summed E-state index contributed by atoms with van der Waals surface area (Å²) in [6.07, 6.45) is -1.56. The summed E-state index contributed by atoms with van der Waals surface area (Å²) in [6, 6.07) is 0. The van der Waals surface area contributed by atoms with Gasteiger partial charge in [0.1, 0.15) is 0 Å². The van der Waals surface area contributed by atoms with E-state index in [9.17, 15) is 14.4 Å². The van der Waals surface area contributed by atoms with Crippen LogP contribution in [0.4, 0.5) is 14.4 Å². The van der Waals surface area contributed by atoms with E-state index < -0.39 is 17.0 Å². The van der Waals surface area contributed by atoms with Crippen molar-refractivity contribution in [2.45, 2.75) is 0 Å². The smallest absolute Gasteiger partial charge is 0.347 e. The average Bonchev–Trinajstić information content (AvgIpc) is 1.58. The molecule has 0 saturated heterocycles. The van der Waals surface area contributed by atoms with Crippen molar-refractivity contribution in [1.29, 1.82) is 0 Å². The average molecular weight is 187 g/mol. The summed E-state index contributed by atoms with van der Waals surface area (Å²) in [4.78, 5) is 29.5. The Bertz CT molecular complexity index is 158. The van der Waals surface area contributed by atoms with Gasteiger partial charge in [-0.05, 0) is 0 Å². The van der Waals surface area contributed by atoms with E-state index in [-0.39, 0.29) is 0 Å². The molecule has 0 spiro atoms. The number of hydrogen-bond acceptors (Lipinski definition) is 5. The second-order valence-electron chi connectivity index (χ2n) is 0.929. The van der Waals surface area contributed by atoms with E-state index in [4.69, 9.17) is 0 Å². The second-order valence-corrected chi connectivity index (χ2v) is 1.55. The molecule has 0 aliphatic carbocycles. The topological polar surface area (TPSA) is 69.7 Å². The first kappa shape index (κ1) is 9.19. The molecule has 0 aliphatic rings. The standard InChI is InChI=1S/C3Cl2O5/c4-1(6)9-3(8)10-2(5)7. The molecule has 0 aliphatic heterocycles. The summed E-state index contributed by atoms with van der Waals surface area (Å²) in [5, 5.41) is 0. The maximum Gasteiger partial charge on any atom is 0.525 e. The van der Waals surface area contributed by atoms with Gasteiger partial charge in [-0.3, -0.25) is 0 Å². The number of halogens is 2. The quantitative estimate of drug-likeness (QED) is 0.328. The normalized spacial score (nSPS) is 8.20. The van der Waals surface area contributed by atoms with Crippen LogP contribution in [0, 0.1) is 0 Å². The lowest BCUT2D eigenvalue weighted by Gasteiger charge is -1.93. The Morgan fingerprint density at radius 2 is 1.20 bits per heavy atom. The maximum atomic E-state index is 10.0. The first-order valence-corrected chi connectivity index (χ1v) is 2.56. The van der Waals surface area contributed by atoms with Crippen LogP contribution in [0.3, 0.4) is 0 Å². The first-order chi connectivity index (χ1) is 4.52. The number of rotatable bonds is 0. The van der Waals surface area contributed by atoms with Gasteiger partial charge < -0.3 is 9.47 Å².